The quantitative estimate of drug-likeness (QED) is 0.733. The number of hydrogen-bond acceptors (Lipinski definition) is 3. The van der Waals surface area contributed by atoms with Gasteiger partial charge in [-0.3, -0.25) is 0 Å². The molecule has 2 heterocycles. The van der Waals surface area contributed by atoms with Crippen LogP contribution in [0.3, 0.4) is 0 Å². The van der Waals surface area contributed by atoms with Crippen molar-refractivity contribution in [1.82, 2.24) is 9.62 Å². The van der Waals surface area contributed by atoms with Crippen molar-refractivity contribution in [2.45, 2.75) is 70.3 Å². The molecule has 6 heteroatoms. The molecule has 0 bridgehead atoms. The monoisotopic (exact) mass is 390 g/mol. The van der Waals surface area contributed by atoms with Gasteiger partial charge in [0.05, 0.1) is 10.8 Å². The van der Waals surface area contributed by atoms with E-state index in [-0.39, 0.29) is 22.3 Å². The van der Waals surface area contributed by atoms with Gasteiger partial charge in [-0.05, 0) is 76.0 Å². The second-order valence-electron chi connectivity index (χ2n) is 9.71. The Labute approximate surface area is 164 Å². The molecule has 4 rings (SSSR count). The van der Waals surface area contributed by atoms with Crippen LogP contribution in [-0.2, 0) is 26.9 Å². The summed E-state index contributed by atoms with van der Waals surface area (Å²) >= 11 is 0. The molecule has 5 nitrogen and oxygen atoms in total. The van der Waals surface area contributed by atoms with E-state index < -0.39 is 16.6 Å². The van der Waals surface area contributed by atoms with E-state index >= 15 is 0 Å². The Morgan fingerprint density at radius 2 is 1.93 bits per heavy atom. The van der Waals surface area contributed by atoms with Crippen LogP contribution in [0.1, 0.15) is 70.2 Å². The average Bonchev–Trinajstić information content (AvgIpc) is 2.86. The van der Waals surface area contributed by atoms with E-state index in [1.54, 1.807) is 0 Å². The van der Waals surface area contributed by atoms with Crippen molar-refractivity contribution in [2.75, 3.05) is 13.1 Å². The predicted molar refractivity (Wildman–Crippen MR) is 107 cm³/mol. The second-order valence-corrected chi connectivity index (χ2v) is 11.5. The molecular weight excluding hydrogens is 360 g/mol. The van der Waals surface area contributed by atoms with E-state index in [2.05, 4.69) is 36.8 Å². The van der Waals surface area contributed by atoms with E-state index in [4.69, 9.17) is 4.74 Å². The molecule has 2 atom stereocenters. The largest absolute Gasteiger partial charge is 0.444 e. The lowest BCUT2D eigenvalue weighted by molar-refractivity contribution is 0.00710. The zero-order chi connectivity index (χ0) is 19.6. The van der Waals surface area contributed by atoms with Gasteiger partial charge < -0.3 is 9.64 Å². The molecule has 1 saturated heterocycles. The number of nitrogens with zero attached hydrogens (tertiary/aromatic N) is 1. The Balaban J connectivity index is 1.58. The third kappa shape index (κ3) is 3.01. The van der Waals surface area contributed by atoms with Gasteiger partial charge in [-0.1, -0.05) is 18.2 Å². The highest BCUT2D eigenvalue weighted by Crippen LogP contribution is 2.56. The van der Waals surface area contributed by atoms with E-state index in [1.165, 1.54) is 16.7 Å². The number of benzene rings is 1. The topological polar surface area (TPSA) is 58.6 Å². The minimum atomic E-state index is -1.12. The molecule has 1 amide bonds. The normalized spacial score (nSPS) is 28.1. The molecule has 0 radical (unpaired) electrons. The molecule has 1 spiro atoms. The fourth-order valence-corrected chi connectivity index (χ4v) is 6.14. The maximum atomic E-state index is 12.9. The summed E-state index contributed by atoms with van der Waals surface area (Å²) in [6.45, 7) is 11.2. The summed E-state index contributed by atoms with van der Waals surface area (Å²) < 4.78 is 21.5. The molecule has 0 aromatic heterocycles. The van der Waals surface area contributed by atoms with Crippen LogP contribution in [0.5, 0.6) is 0 Å². The first-order chi connectivity index (χ1) is 12.5. The average molecular weight is 391 g/mol. The number of hydrogen-bond donors (Lipinski definition) is 1. The van der Waals surface area contributed by atoms with Crippen molar-refractivity contribution < 1.29 is 13.7 Å². The summed E-state index contributed by atoms with van der Waals surface area (Å²) in [4.78, 5) is 14.3. The number of amides is 1. The highest BCUT2D eigenvalue weighted by atomic mass is 32.2. The SMILES string of the molecule is CC(C)(C)OC(=O)N1CCC2(CC1)Cc1cccc3c1[C@H]2NS(=O)C3(C)C. The maximum absolute atomic E-state index is 12.9. The van der Waals surface area contributed by atoms with Crippen molar-refractivity contribution in [2.24, 2.45) is 5.41 Å². The zero-order valence-electron chi connectivity index (χ0n) is 16.9. The van der Waals surface area contributed by atoms with Gasteiger partial charge in [0.15, 0.2) is 0 Å². The van der Waals surface area contributed by atoms with Crippen LogP contribution in [0.15, 0.2) is 18.2 Å². The fourth-order valence-electron chi connectivity index (χ4n) is 4.89. The zero-order valence-corrected chi connectivity index (χ0v) is 17.7. The lowest BCUT2D eigenvalue weighted by Gasteiger charge is -2.46. The van der Waals surface area contributed by atoms with Gasteiger partial charge >= 0.3 is 6.09 Å². The van der Waals surface area contributed by atoms with Gasteiger partial charge in [0.1, 0.15) is 16.6 Å². The van der Waals surface area contributed by atoms with Crippen LogP contribution in [0.4, 0.5) is 4.79 Å². The first-order valence-electron chi connectivity index (χ1n) is 9.82. The van der Waals surface area contributed by atoms with Crippen LogP contribution < -0.4 is 4.72 Å². The summed E-state index contributed by atoms with van der Waals surface area (Å²) in [6.07, 6.45) is 2.56. The van der Waals surface area contributed by atoms with Crippen LogP contribution in [0.25, 0.3) is 0 Å². The van der Waals surface area contributed by atoms with Crippen molar-refractivity contribution in [1.29, 1.82) is 0 Å². The smallest absolute Gasteiger partial charge is 0.410 e. The van der Waals surface area contributed by atoms with Crippen LogP contribution in [-0.4, -0.2) is 33.9 Å². The predicted octanol–water partition coefficient (Wildman–Crippen LogP) is 3.80. The van der Waals surface area contributed by atoms with Crippen molar-refractivity contribution in [3.05, 3.63) is 34.9 Å². The number of piperidine rings is 1. The lowest BCUT2D eigenvalue weighted by Crippen LogP contribution is -2.51. The molecule has 2 aliphatic heterocycles. The standard InChI is InChI=1S/C21H30N2O3S/c1-19(2,3)26-18(24)23-11-9-21(10-12-23)13-14-7-6-8-15-16(14)17(21)22-27(25)20(15,4)5/h6-8,17,22H,9-13H2,1-5H3/t17-,27?/m1/s1. The molecule has 1 aromatic carbocycles. The lowest BCUT2D eigenvalue weighted by atomic mass is 9.72. The van der Waals surface area contributed by atoms with E-state index in [1.807, 2.05) is 25.7 Å². The molecule has 1 aromatic rings. The third-order valence-corrected chi connectivity index (χ3v) is 7.98. The van der Waals surface area contributed by atoms with Gasteiger partial charge in [0.25, 0.3) is 0 Å². The summed E-state index contributed by atoms with van der Waals surface area (Å²) in [5, 5.41) is 0. The molecule has 3 aliphatic rings. The number of carbonyl (C=O) groups is 1. The van der Waals surface area contributed by atoms with Crippen molar-refractivity contribution in [3.63, 3.8) is 0 Å². The Bertz CT molecular complexity index is 804. The molecule has 1 unspecified atom stereocenters. The first-order valence-corrected chi connectivity index (χ1v) is 11.0. The minimum Gasteiger partial charge on any atom is -0.444 e. The Morgan fingerprint density at radius 1 is 1.26 bits per heavy atom. The van der Waals surface area contributed by atoms with Crippen LogP contribution in [0, 0.1) is 5.41 Å². The Morgan fingerprint density at radius 3 is 2.56 bits per heavy atom. The number of fused-ring (bicyclic) bond motifs is 1. The number of carbonyl (C=O) groups excluding carboxylic acids is 1. The van der Waals surface area contributed by atoms with Gasteiger partial charge in [0.2, 0.25) is 0 Å². The van der Waals surface area contributed by atoms with Gasteiger partial charge in [-0.25, -0.2) is 13.7 Å². The molecule has 0 saturated carbocycles. The number of ether oxygens (including phenoxy) is 1. The van der Waals surface area contributed by atoms with Crippen molar-refractivity contribution in [3.8, 4) is 0 Å². The molecule has 1 aliphatic carbocycles. The van der Waals surface area contributed by atoms with E-state index in [0.717, 1.165) is 19.3 Å². The maximum Gasteiger partial charge on any atom is 0.410 e. The van der Waals surface area contributed by atoms with E-state index in [9.17, 15) is 9.00 Å². The highest BCUT2D eigenvalue weighted by molar-refractivity contribution is 7.84. The number of nitrogens with one attached hydrogen (secondary N) is 1. The van der Waals surface area contributed by atoms with Crippen LogP contribution in [0.2, 0.25) is 0 Å². The van der Waals surface area contributed by atoms with Gasteiger partial charge in [-0.15, -0.1) is 0 Å². The molecule has 1 N–H and O–H groups in total. The molecular formula is C21H30N2O3S. The molecule has 1 fully saturated rings. The second kappa shape index (κ2) is 6.05. The van der Waals surface area contributed by atoms with Gasteiger partial charge in [0, 0.05) is 13.1 Å². The first kappa shape index (κ1) is 18.9. The Kier molecular flexibility index (Phi) is 4.24. The van der Waals surface area contributed by atoms with Gasteiger partial charge in [-0.2, -0.15) is 0 Å². The summed E-state index contributed by atoms with van der Waals surface area (Å²) in [5.41, 5.74) is 3.50. The third-order valence-electron chi connectivity index (χ3n) is 6.39. The van der Waals surface area contributed by atoms with Crippen LogP contribution >= 0.6 is 0 Å². The molecule has 148 valence electrons. The summed E-state index contributed by atoms with van der Waals surface area (Å²) in [7, 11) is -1.12. The summed E-state index contributed by atoms with van der Waals surface area (Å²) in [5.74, 6) is 0. The highest BCUT2D eigenvalue weighted by Gasteiger charge is 2.54. The minimum absolute atomic E-state index is 0.0309. The fraction of sp³-hybridized carbons (Fsp3) is 0.667. The van der Waals surface area contributed by atoms with E-state index in [0.29, 0.717) is 13.1 Å². The number of rotatable bonds is 0. The number of likely N-dealkylation sites (tertiary alicyclic amines) is 1. The summed E-state index contributed by atoms with van der Waals surface area (Å²) in [6, 6.07) is 6.56. The molecule has 27 heavy (non-hydrogen) atoms. The Hall–Kier alpha value is -1.40. The van der Waals surface area contributed by atoms with Crippen molar-refractivity contribution >= 4 is 17.1 Å².